The molecule has 2 aromatic rings. The average Bonchev–Trinajstić information content (AvgIpc) is 2.91. The minimum absolute atomic E-state index is 0. The maximum atomic E-state index is 11.1. The molecule has 1 aromatic carbocycles. The number of nitrogens with zero attached hydrogens (tertiary/aromatic N) is 1. The van der Waals surface area contributed by atoms with Gasteiger partial charge in [-0.05, 0) is 57.4 Å². The predicted octanol–water partition coefficient (Wildman–Crippen LogP) is 3.85. The SMILES string of the molecule is Cc1cc2[nH]c(C(=O)O)cc2cc1OC1CCN(C(C)C)CC1.Cl. The van der Waals surface area contributed by atoms with Crippen LogP contribution in [0.15, 0.2) is 18.2 Å². The molecule has 1 saturated heterocycles. The lowest BCUT2D eigenvalue weighted by Crippen LogP contribution is -2.41. The second kappa shape index (κ2) is 7.45. The van der Waals surface area contributed by atoms with Crippen LogP contribution < -0.4 is 4.74 Å². The first-order chi connectivity index (χ1) is 10.9. The minimum atomic E-state index is -0.942. The van der Waals surface area contributed by atoms with Crippen LogP contribution in [0, 0.1) is 6.92 Å². The molecule has 1 aromatic heterocycles. The van der Waals surface area contributed by atoms with Crippen molar-refractivity contribution in [1.82, 2.24) is 9.88 Å². The van der Waals surface area contributed by atoms with E-state index < -0.39 is 5.97 Å². The number of aryl methyl sites for hydroxylation is 1. The molecule has 0 bridgehead atoms. The van der Waals surface area contributed by atoms with E-state index in [2.05, 4.69) is 23.7 Å². The fourth-order valence-electron chi connectivity index (χ4n) is 3.20. The van der Waals surface area contributed by atoms with Crippen LogP contribution in [-0.4, -0.2) is 46.2 Å². The van der Waals surface area contributed by atoms with E-state index in [0.29, 0.717) is 6.04 Å². The Balaban J connectivity index is 0.00000208. The standard InChI is InChI=1S/C18H24N2O3.ClH/c1-11(2)20-6-4-14(5-7-20)23-17-10-13-9-16(18(21)22)19-15(13)8-12(17)3;/h8-11,14,19H,4-7H2,1-3H3,(H,21,22);1H. The van der Waals surface area contributed by atoms with Gasteiger partial charge in [-0.1, -0.05) is 0 Å². The summed E-state index contributed by atoms with van der Waals surface area (Å²) in [7, 11) is 0. The first kappa shape index (κ1) is 18.6. The van der Waals surface area contributed by atoms with Crippen molar-refractivity contribution in [3.8, 4) is 5.75 Å². The highest BCUT2D eigenvalue weighted by molar-refractivity contribution is 5.94. The Kier molecular flexibility index (Phi) is 5.78. The monoisotopic (exact) mass is 352 g/mol. The first-order valence-electron chi connectivity index (χ1n) is 8.21. The molecule has 0 unspecified atom stereocenters. The lowest BCUT2D eigenvalue weighted by Gasteiger charge is -2.34. The Labute approximate surface area is 148 Å². The van der Waals surface area contributed by atoms with Crippen LogP contribution in [-0.2, 0) is 0 Å². The van der Waals surface area contributed by atoms with Crippen molar-refractivity contribution in [3.05, 3.63) is 29.5 Å². The summed E-state index contributed by atoms with van der Waals surface area (Å²) in [6.07, 6.45) is 2.30. The molecule has 2 N–H and O–H groups in total. The summed E-state index contributed by atoms with van der Waals surface area (Å²) in [6.45, 7) is 8.59. The van der Waals surface area contributed by atoms with Crippen LogP contribution >= 0.6 is 12.4 Å². The third-order valence-corrected chi connectivity index (χ3v) is 4.65. The molecule has 24 heavy (non-hydrogen) atoms. The van der Waals surface area contributed by atoms with Gasteiger partial charge in [0.1, 0.15) is 17.5 Å². The van der Waals surface area contributed by atoms with Gasteiger partial charge in [0, 0.05) is 30.0 Å². The number of nitrogens with one attached hydrogen (secondary N) is 1. The molecule has 0 atom stereocenters. The Morgan fingerprint density at radius 2 is 1.96 bits per heavy atom. The van der Waals surface area contributed by atoms with E-state index in [0.717, 1.165) is 48.1 Å². The molecule has 2 heterocycles. The van der Waals surface area contributed by atoms with Gasteiger partial charge in [-0.2, -0.15) is 0 Å². The summed E-state index contributed by atoms with van der Waals surface area (Å²) in [5, 5.41) is 9.97. The van der Waals surface area contributed by atoms with Gasteiger partial charge in [-0.15, -0.1) is 12.4 Å². The Morgan fingerprint density at radius 3 is 2.54 bits per heavy atom. The number of carbonyl (C=O) groups is 1. The van der Waals surface area contributed by atoms with E-state index in [1.165, 1.54) is 0 Å². The molecule has 6 heteroatoms. The van der Waals surface area contributed by atoms with Gasteiger partial charge < -0.3 is 19.7 Å². The zero-order valence-corrected chi connectivity index (χ0v) is 15.2. The molecule has 0 aliphatic carbocycles. The third-order valence-electron chi connectivity index (χ3n) is 4.65. The van der Waals surface area contributed by atoms with Crippen molar-refractivity contribution in [2.45, 2.75) is 45.8 Å². The maximum Gasteiger partial charge on any atom is 0.352 e. The zero-order chi connectivity index (χ0) is 16.6. The van der Waals surface area contributed by atoms with Crippen molar-refractivity contribution < 1.29 is 14.6 Å². The van der Waals surface area contributed by atoms with Gasteiger partial charge in [0.2, 0.25) is 0 Å². The highest BCUT2D eigenvalue weighted by atomic mass is 35.5. The molecular formula is C18H25ClN2O3. The third kappa shape index (κ3) is 3.84. The molecule has 1 aliphatic heterocycles. The number of likely N-dealkylation sites (tertiary alicyclic amines) is 1. The molecule has 1 aliphatic rings. The van der Waals surface area contributed by atoms with Crippen LogP contribution in [0.4, 0.5) is 0 Å². The molecule has 0 spiro atoms. The predicted molar refractivity (Wildman–Crippen MR) is 97.6 cm³/mol. The molecule has 1 fully saturated rings. The fraction of sp³-hybridized carbons (Fsp3) is 0.500. The lowest BCUT2D eigenvalue weighted by atomic mass is 10.1. The number of ether oxygens (including phenoxy) is 1. The number of fused-ring (bicyclic) bond motifs is 1. The normalized spacial score (nSPS) is 16.3. The van der Waals surface area contributed by atoms with Crippen LogP contribution in [0.25, 0.3) is 10.9 Å². The number of aromatic carboxylic acids is 1. The average molecular weight is 353 g/mol. The fourth-order valence-corrected chi connectivity index (χ4v) is 3.20. The zero-order valence-electron chi connectivity index (χ0n) is 14.3. The number of halogens is 1. The van der Waals surface area contributed by atoms with Gasteiger partial charge >= 0.3 is 5.97 Å². The lowest BCUT2D eigenvalue weighted by molar-refractivity contribution is 0.0691. The molecule has 132 valence electrons. The number of rotatable bonds is 4. The van der Waals surface area contributed by atoms with Crippen molar-refractivity contribution in [2.24, 2.45) is 0 Å². The van der Waals surface area contributed by atoms with Gasteiger partial charge in [-0.25, -0.2) is 4.79 Å². The molecule has 0 amide bonds. The van der Waals surface area contributed by atoms with E-state index in [1.807, 2.05) is 19.1 Å². The summed E-state index contributed by atoms with van der Waals surface area (Å²) >= 11 is 0. The largest absolute Gasteiger partial charge is 0.490 e. The summed E-state index contributed by atoms with van der Waals surface area (Å²) in [5.74, 6) is -0.0844. The first-order valence-corrected chi connectivity index (χ1v) is 8.21. The van der Waals surface area contributed by atoms with E-state index in [-0.39, 0.29) is 24.2 Å². The van der Waals surface area contributed by atoms with Gasteiger partial charge in [-0.3, -0.25) is 0 Å². The van der Waals surface area contributed by atoms with E-state index >= 15 is 0 Å². The summed E-state index contributed by atoms with van der Waals surface area (Å²) in [6, 6.07) is 6.15. The molecule has 0 saturated carbocycles. The van der Waals surface area contributed by atoms with Crippen LogP contribution in [0.3, 0.4) is 0 Å². The van der Waals surface area contributed by atoms with Crippen molar-refractivity contribution >= 4 is 29.3 Å². The number of aromatic nitrogens is 1. The number of hydrogen-bond acceptors (Lipinski definition) is 3. The van der Waals surface area contributed by atoms with Crippen molar-refractivity contribution in [3.63, 3.8) is 0 Å². The van der Waals surface area contributed by atoms with Crippen LogP contribution in [0.2, 0.25) is 0 Å². The second-order valence-electron chi connectivity index (χ2n) is 6.64. The highest BCUT2D eigenvalue weighted by Gasteiger charge is 2.22. The number of piperidine rings is 1. The minimum Gasteiger partial charge on any atom is -0.490 e. The number of carboxylic acid groups (broad SMARTS) is 1. The maximum absolute atomic E-state index is 11.1. The molecular weight excluding hydrogens is 328 g/mol. The smallest absolute Gasteiger partial charge is 0.352 e. The van der Waals surface area contributed by atoms with Crippen LogP contribution in [0.5, 0.6) is 5.75 Å². The second-order valence-corrected chi connectivity index (χ2v) is 6.64. The summed E-state index contributed by atoms with van der Waals surface area (Å²) in [5.41, 5.74) is 2.08. The van der Waals surface area contributed by atoms with Crippen molar-refractivity contribution in [1.29, 1.82) is 0 Å². The quantitative estimate of drug-likeness (QED) is 0.877. The number of aromatic amines is 1. The van der Waals surface area contributed by atoms with E-state index in [4.69, 9.17) is 9.84 Å². The Morgan fingerprint density at radius 1 is 1.29 bits per heavy atom. The van der Waals surface area contributed by atoms with Crippen molar-refractivity contribution in [2.75, 3.05) is 13.1 Å². The Hall–Kier alpha value is -1.72. The summed E-state index contributed by atoms with van der Waals surface area (Å²) in [4.78, 5) is 16.5. The van der Waals surface area contributed by atoms with E-state index in [1.54, 1.807) is 6.07 Å². The summed E-state index contributed by atoms with van der Waals surface area (Å²) < 4.78 is 6.20. The molecule has 0 radical (unpaired) electrons. The van der Waals surface area contributed by atoms with Gasteiger partial charge in [0.05, 0.1) is 0 Å². The number of carboxylic acids is 1. The van der Waals surface area contributed by atoms with Gasteiger partial charge in [0.25, 0.3) is 0 Å². The Bertz CT molecular complexity index is 718. The van der Waals surface area contributed by atoms with Crippen LogP contribution in [0.1, 0.15) is 42.7 Å². The number of hydrogen-bond donors (Lipinski definition) is 2. The number of benzene rings is 1. The molecule has 3 rings (SSSR count). The number of H-pyrrole nitrogens is 1. The van der Waals surface area contributed by atoms with E-state index in [9.17, 15) is 4.79 Å². The van der Waals surface area contributed by atoms with Gasteiger partial charge in [0.15, 0.2) is 0 Å². The molecule has 5 nitrogen and oxygen atoms in total. The highest BCUT2D eigenvalue weighted by Crippen LogP contribution is 2.28. The topological polar surface area (TPSA) is 65.6 Å².